The van der Waals surface area contributed by atoms with Crippen LogP contribution in [0.2, 0.25) is 0 Å². The van der Waals surface area contributed by atoms with E-state index in [0.29, 0.717) is 0 Å². The topological polar surface area (TPSA) is 50.8 Å². The molecule has 1 saturated carbocycles. The van der Waals surface area contributed by atoms with Gasteiger partial charge in [0, 0.05) is 0 Å². The molecular weight excluding hydrogens is 251 g/mol. The molecule has 1 aliphatic rings. The SMILES string of the molecule is COCO[C@H]1C[C@@H](NC#P)C[C@@H](C(=O)N(C)C)C1. The average molecular weight is 272 g/mol. The molecule has 0 unspecified atom stereocenters. The Morgan fingerprint density at radius 1 is 1.44 bits per heavy atom. The third-order valence-electron chi connectivity index (χ3n) is 3.14. The zero-order chi connectivity index (χ0) is 13.5. The van der Waals surface area contributed by atoms with Crippen molar-refractivity contribution >= 4 is 14.6 Å². The van der Waals surface area contributed by atoms with Crippen LogP contribution in [0.1, 0.15) is 19.3 Å². The Morgan fingerprint density at radius 2 is 2.17 bits per heavy atom. The monoisotopic (exact) mass is 272 g/mol. The van der Waals surface area contributed by atoms with Crippen molar-refractivity contribution in [2.45, 2.75) is 31.4 Å². The van der Waals surface area contributed by atoms with Gasteiger partial charge in [-0.25, -0.2) is 0 Å². The molecule has 0 aromatic heterocycles. The summed E-state index contributed by atoms with van der Waals surface area (Å²) in [6.07, 6.45) is 2.41. The number of nitrogens with one attached hydrogen (secondary N) is 1. The van der Waals surface area contributed by atoms with Gasteiger partial charge in [-0.1, -0.05) is 0 Å². The number of carbonyl (C=O) groups excluding carboxylic acids is 1. The standard InChI is InChI=1S/C12H21N2O3P/c1-14(2)12(15)9-4-10(13-7-18)6-11(5-9)17-8-16-3/h9-11,13H,4-6,8H2,1-3H3/t9-,10+,11-/m1/s1. The molecule has 1 rings (SSSR count). The van der Waals surface area contributed by atoms with E-state index in [1.54, 1.807) is 26.1 Å². The van der Waals surface area contributed by atoms with E-state index in [4.69, 9.17) is 9.47 Å². The molecule has 0 aliphatic heterocycles. The van der Waals surface area contributed by atoms with Crippen LogP contribution in [0.3, 0.4) is 0 Å². The van der Waals surface area contributed by atoms with Gasteiger partial charge in [-0.2, -0.15) is 0 Å². The zero-order valence-electron chi connectivity index (χ0n) is 11.2. The second-order valence-corrected chi connectivity index (χ2v) is 5.01. The average Bonchev–Trinajstić information content (AvgIpc) is 2.35. The van der Waals surface area contributed by atoms with Gasteiger partial charge in [-0.15, -0.1) is 0 Å². The summed E-state index contributed by atoms with van der Waals surface area (Å²) in [6.45, 7) is 0.258. The Bertz CT molecular complexity index is 317. The van der Waals surface area contributed by atoms with E-state index in [-0.39, 0.29) is 30.8 Å². The van der Waals surface area contributed by atoms with Crippen molar-refractivity contribution in [2.75, 3.05) is 28.0 Å². The number of hydrogen-bond acceptors (Lipinski definition) is 4. The molecule has 102 valence electrons. The fraction of sp³-hybridized carbons (Fsp3) is 0.833. The minimum absolute atomic E-state index is 0.0187. The van der Waals surface area contributed by atoms with Gasteiger partial charge < -0.3 is 0 Å². The Balaban J connectivity index is 2.62. The van der Waals surface area contributed by atoms with Crippen molar-refractivity contribution in [3.05, 3.63) is 0 Å². The van der Waals surface area contributed by atoms with E-state index >= 15 is 0 Å². The molecule has 0 aromatic carbocycles. The third kappa shape index (κ3) is 4.68. The molecular formula is C12H21N2O3P. The minimum atomic E-state index is -0.0187. The summed E-state index contributed by atoms with van der Waals surface area (Å²) >= 11 is 0. The molecule has 0 bridgehead atoms. The molecule has 0 spiro atoms. The van der Waals surface area contributed by atoms with E-state index in [2.05, 4.69) is 19.8 Å². The van der Waals surface area contributed by atoms with Crippen LogP contribution in [0.4, 0.5) is 0 Å². The molecule has 1 amide bonds. The predicted molar refractivity (Wildman–Crippen MR) is 70.5 cm³/mol. The fourth-order valence-electron chi connectivity index (χ4n) is 2.34. The molecule has 1 N–H and O–H groups in total. The number of carbonyl (C=O) groups is 1. The van der Waals surface area contributed by atoms with Crippen LogP contribution in [-0.4, -0.2) is 51.0 Å². The van der Waals surface area contributed by atoms with E-state index in [0.717, 1.165) is 19.3 Å². The first-order chi connectivity index (χ1) is 8.58. The van der Waals surface area contributed by atoms with Gasteiger partial charge in [-0.3, -0.25) is 0 Å². The number of nitrogens with zero attached hydrogens (tertiary/aromatic N) is 1. The molecule has 0 aromatic rings. The van der Waals surface area contributed by atoms with E-state index in [1.807, 2.05) is 0 Å². The number of hydrogen-bond donors (Lipinski definition) is 1. The molecule has 3 atom stereocenters. The van der Waals surface area contributed by atoms with Crippen LogP contribution in [0.5, 0.6) is 0 Å². The van der Waals surface area contributed by atoms with E-state index in [1.165, 1.54) is 0 Å². The number of ether oxygens (including phenoxy) is 2. The fourth-order valence-corrected chi connectivity index (χ4v) is 2.53. The first-order valence-electron chi connectivity index (χ1n) is 6.04. The molecule has 1 aliphatic carbocycles. The third-order valence-corrected chi connectivity index (χ3v) is 3.27. The van der Waals surface area contributed by atoms with Crippen LogP contribution in [0.25, 0.3) is 0 Å². The van der Waals surface area contributed by atoms with E-state index in [9.17, 15) is 4.79 Å². The van der Waals surface area contributed by atoms with Gasteiger partial charge in [0.1, 0.15) is 0 Å². The summed E-state index contributed by atoms with van der Waals surface area (Å²) in [4.78, 5) is 13.7. The molecule has 6 heteroatoms. The van der Waals surface area contributed by atoms with Crippen molar-refractivity contribution in [1.29, 1.82) is 0 Å². The predicted octanol–water partition coefficient (Wildman–Crippen LogP) is 1.15. The number of methoxy groups -OCH3 is 1. The van der Waals surface area contributed by atoms with Gasteiger partial charge in [0.05, 0.1) is 0 Å². The molecule has 5 nitrogen and oxygen atoms in total. The van der Waals surface area contributed by atoms with Gasteiger partial charge in [0.15, 0.2) is 0 Å². The summed E-state index contributed by atoms with van der Waals surface area (Å²) in [7, 11) is 9.08. The summed E-state index contributed by atoms with van der Waals surface area (Å²) in [5, 5.41) is 3.04. The zero-order valence-corrected chi connectivity index (χ0v) is 12.1. The van der Waals surface area contributed by atoms with Crippen LogP contribution < -0.4 is 5.32 Å². The number of rotatable bonds is 5. The Hall–Kier alpha value is -0.440. The second kappa shape index (κ2) is 7.88. The Labute approximate surface area is 111 Å². The maximum absolute atomic E-state index is 12.0. The quantitative estimate of drug-likeness (QED) is 0.463. The molecule has 0 radical (unpaired) electrons. The van der Waals surface area contributed by atoms with Crippen molar-refractivity contribution < 1.29 is 14.3 Å². The Morgan fingerprint density at radius 3 is 2.72 bits per heavy atom. The van der Waals surface area contributed by atoms with Crippen molar-refractivity contribution in [3.63, 3.8) is 0 Å². The Kier molecular flexibility index (Phi) is 6.83. The van der Waals surface area contributed by atoms with Crippen LogP contribution >= 0.6 is 8.70 Å². The first kappa shape index (κ1) is 15.6. The van der Waals surface area contributed by atoms with Gasteiger partial charge in [-0.05, 0) is 0 Å². The van der Waals surface area contributed by atoms with Crippen molar-refractivity contribution in [2.24, 2.45) is 5.92 Å². The molecule has 18 heavy (non-hydrogen) atoms. The molecule has 0 saturated heterocycles. The van der Waals surface area contributed by atoms with Crippen LogP contribution in [0, 0.1) is 11.7 Å². The maximum atomic E-state index is 12.0. The second-order valence-electron chi connectivity index (χ2n) is 4.78. The van der Waals surface area contributed by atoms with Crippen molar-refractivity contribution in [1.82, 2.24) is 10.2 Å². The normalized spacial score (nSPS) is 27.6. The van der Waals surface area contributed by atoms with Crippen LogP contribution in [0.15, 0.2) is 0 Å². The number of amides is 1. The van der Waals surface area contributed by atoms with Gasteiger partial charge in [0.2, 0.25) is 0 Å². The summed E-state index contributed by atoms with van der Waals surface area (Å²) in [6, 6.07) is 0.173. The van der Waals surface area contributed by atoms with E-state index < -0.39 is 0 Å². The van der Waals surface area contributed by atoms with Gasteiger partial charge >= 0.3 is 110 Å². The van der Waals surface area contributed by atoms with Crippen molar-refractivity contribution in [3.8, 4) is 5.75 Å². The molecule has 0 heterocycles. The first-order valence-corrected chi connectivity index (χ1v) is 6.49. The van der Waals surface area contributed by atoms with Gasteiger partial charge in [0.25, 0.3) is 0 Å². The summed E-state index contributed by atoms with van der Waals surface area (Å²) in [5.41, 5.74) is 0. The van der Waals surface area contributed by atoms with Crippen LogP contribution in [-0.2, 0) is 14.3 Å². The molecule has 1 fully saturated rings. The summed E-state index contributed by atoms with van der Waals surface area (Å²) < 4.78 is 10.5. The summed E-state index contributed by atoms with van der Waals surface area (Å²) in [5.74, 6) is 2.76.